The minimum absolute atomic E-state index is 0.00791. The molecule has 0 aromatic rings. The zero-order valence-electron chi connectivity index (χ0n) is 9.65. The van der Waals surface area contributed by atoms with Crippen LogP contribution < -0.4 is 0 Å². The minimum atomic E-state index is -0.151. The quantitative estimate of drug-likeness (QED) is 0.710. The van der Waals surface area contributed by atoms with Gasteiger partial charge in [0.05, 0.1) is 6.10 Å². The van der Waals surface area contributed by atoms with E-state index in [4.69, 9.17) is 0 Å². The Bertz CT molecular complexity index is 252. The van der Waals surface area contributed by atoms with Crippen molar-refractivity contribution in [3.8, 4) is 0 Å². The van der Waals surface area contributed by atoms with Gasteiger partial charge >= 0.3 is 0 Å². The number of nitrogens with zero attached hydrogens (tertiary/aromatic N) is 1. The van der Waals surface area contributed by atoms with E-state index in [1.165, 1.54) is 0 Å². The third-order valence-corrected chi connectivity index (χ3v) is 4.25. The van der Waals surface area contributed by atoms with Crippen LogP contribution in [0.3, 0.4) is 0 Å². The van der Waals surface area contributed by atoms with Crippen LogP contribution in [0.15, 0.2) is 0 Å². The summed E-state index contributed by atoms with van der Waals surface area (Å²) < 4.78 is 0. The molecule has 0 radical (unpaired) electrons. The number of carbonyl (C=O) groups excluding carboxylic acids is 1. The lowest BCUT2D eigenvalue weighted by Crippen LogP contribution is -2.70. The fourth-order valence-electron chi connectivity index (χ4n) is 3.53. The van der Waals surface area contributed by atoms with Crippen molar-refractivity contribution in [2.75, 3.05) is 13.1 Å². The van der Waals surface area contributed by atoms with E-state index in [2.05, 4.69) is 18.7 Å². The summed E-state index contributed by atoms with van der Waals surface area (Å²) in [5.41, 5.74) is 0.00791. The molecule has 86 valence electrons. The fourth-order valence-corrected chi connectivity index (χ4v) is 3.53. The zero-order chi connectivity index (χ0) is 11.1. The number of likely N-dealkylation sites (tertiary alicyclic amines) is 1. The molecule has 3 atom stereocenters. The van der Waals surface area contributed by atoms with Gasteiger partial charge in [-0.25, -0.2) is 0 Å². The largest absolute Gasteiger partial charge is 0.392 e. The Kier molecular flexibility index (Phi) is 2.86. The number of hydrogen-bond acceptors (Lipinski definition) is 3. The Morgan fingerprint density at radius 2 is 2.27 bits per heavy atom. The number of aliphatic hydroxyl groups excluding tert-OH is 1. The highest BCUT2D eigenvalue weighted by Crippen LogP contribution is 2.52. The highest BCUT2D eigenvalue weighted by Gasteiger charge is 2.58. The maximum absolute atomic E-state index is 10.4. The summed E-state index contributed by atoms with van der Waals surface area (Å²) in [6, 6.07) is 0.487. The summed E-state index contributed by atoms with van der Waals surface area (Å²) in [7, 11) is 0. The highest BCUT2D eigenvalue weighted by molar-refractivity contribution is 5.49. The smallest absolute Gasteiger partial charge is 0.121 e. The van der Waals surface area contributed by atoms with Crippen molar-refractivity contribution in [2.45, 2.75) is 45.3 Å². The van der Waals surface area contributed by atoms with Crippen LogP contribution in [0.1, 0.15) is 33.1 Å². The Morgan fingerprint density at radius 1 is 1.53 bits per heavy atom. The third-order valence-electron chi connectivity index (χ3n) is 4.25. The first-order valence-corrected chi connectivity index (χ1v) is 5.95. The summed E-state index contributed by atoms with van der Waals surface area (Å²) in [6.07, 6.45) is 3.77. The van der Waals surface area contributed by atoms with Crippen LogP contribution in [0.25, 0.3) is 0 Å². The molecule has 0 amide bonds. The molecule has 0 spiro atoms. The van der Waals surface area contributed by atoms with Crippen LogP contribution in [-0.2, 0) is 4.79 Å². The van der Waals surface area contributed by atoms with E-state index < -0.39 is 0 Å². The number of piperidine rings is 1. The summed E-state index contributed by atoms with van der Waals surface area (Å²) in [6.45, 7) is 6.22. The average molecular weight is 211 g/mol. The van der Waals surface area contributed by atoms with E-state index in [1.54, 1.807) is 0 Å². The molecule has 1 saturated carbocycles. The number of aldehydes is 1. The molecular weight excluding hydrogens is 190 g/mol. The number of hydrogen-bond donors (Lipinski definition) is 1. The van der Waals surface area contributed by atoms with Gasteiger partial charge in [0.2, 0.25) is 0 Å². The van der Waals surface area contributed by atoms with Crippen molar-refractivity contribution in [3.63, 3.8) is 0 Å². The summed E-state index contributed by atoms with van der Waals surface area (Å²) in [5.74, 6) is 0.445. The van der Waals surface area contributed by atoms with Gasteiger partial charge < -0.3 is 9.90 Å². The van der Waals surface area contributed by atoms with Gasteiger partial charge in [0.1, 0.15) is 6.29 Å². The summed E-state index contributed by atoms with van der Waals surface area (Å²) in [5, 5.41) is 10.0. The van der Waals surface area contributed by atoms with E-state index in [0.29, 0.717) is 18.4 Å². The standard InChI is InChI=1S/C12H21NO2/c1-12(2)10-9(11(12)15)5-3-6-13(10)7-4-8-14/h8-11,15H,3-7H2,1-2H3. The zero-order valence-corrected chi connectivity index (χ0v) is 9.65. The molecule has 1 heterocycles. The van der Waals surface area contributed by atoms with Gasteiger partial charge in [-0.2, -0.15) is 0 Å². The molecule has 2 fully saturated rings. The normalized spacial score (nSPS) is 39.3. The van der Waals surface area contributed by atoms with Gasteiger partial charge in [-0.3, -0.25) is 4.90 Å². The fraction of sp³-hybridized carbons (Fsp3) is 0.917. The summed E-state index contributed by atoms with van der Waals surface area (Å²) in [4.78, 5) is 12.8. The van der Waals surface area contributed by atoms with E-state index in [-0.39, 0.29) is 11.5 Å². The number of carbonyl (C=O) groups is 1. The van der Waals surface area contributed by atoms with Crippen molar-refractivity contribution in [1.29, 1.82) is 0 Å². The maximum Gasteiger partial charge on any atom is 0.121 e. The molecule has 0 aromatic carbocycles. The van der Waals surface area contributed by atoms with Crippen LogP contribution >= 0.6 is 0 Å². The first-order valence-electron chi connectivity index (χ1n) is 5.95. The second-order valence-electron chi connectivity index (χ2n) is 5.51. The Morgan fingerprint density at radius 3 is 2.93 bits per heavy atom. The predicted octanol–water partition coefficient (Wildman–Crippen LogP) is 1.06. The Labute approximate surface area is 91.5 Å². The van der Waals surface area contributed by atoms with Crippen LogP contribution in [0, 0.1) is 11.3 Å². The first kappa shape index (κ1) is 11.1. The minimum Gasteiger partial charge on any atom is -0.392 e. The molecule has 1 aliphatic heterocycles. The van der Waals surface area contributed by atoms with Gasteiger partial charge in [-0.1, -0.05) is 13.8 Å². The van der Waals surface area contributed by atoms with Gasteiger partial charge in [-0.15, -0.1) is 0 Å². The van der Waals surface area contributed by atoms with E-state index in [0.717, 1.165) is 32.2 Å². The molecule has 0 aromatic heterocycles. The van der Waals surface area contributed by atoms with Crippen LogP contribution in [0.4, 0.5) is 0 Å². The molecular formula is C12H21NO2. The van der Waals surface area contributed by atoms with Crippen LogP contribution in [0.5, 0.6) is 0 Å². The molecule has 2 rings (SSSR count). The lowest BCUT2D eigenvalue weighted by atomic mass is 9.54. The van der Waals surface area contributed by atoms with Gasteiger partial charge in [0, 0.05) is 30.3 Å². The van der Waals surface area contributed by atoms with E-state index in [9.17, 15) is 9.90 Å². The van der Waals surface area contributed by atoms with Gasteiger partial charge in [0.15, 0.2) is 0 Å². The topological polar surface area (TPSA) is 40.5 Å². The van der Waals surface area contributed by atoms with Crippen molar-refractivity contribution < 1.29 is 9.90 Å². The molecule has 3 heteroatoms. The third kappa shape index (κ3) is 1.62. The number of fused-ring (bicyclic) bond motifs is 1. The van der Waals surface area contributed by atoms with Gasteiger partial charge in [-0.05, 0) is 19.4 Å². The Hall–Kier alpha value is -0.410. The lowest BCUT2D eigenvalue weighted by molar-refractivity contribution is -0.191. The Balaban J connectivity index is 2.04. The molecule has 3 nitrogen and oxygen atoms in total. The predicted molar refractivity (Wildman–Crippen MR) is 58.6 cm³/mol. The second kappa shape index (κ2) is 3.87. The van der Waals surface area contributed by atoms with Crippen molar-refractivity contribution >= 4 is 6.29 Å². The highest BCUT2D eigenvalue weighted by atomic mass is 16.3. The molecule has 15 heavy (non-hydrogen) atoms. The van der Waals surface area contributed by atoms with Crippen LogP contribution in [-0.4, -0.2) is 41.5 Å². The van der Waals surface area contributed by atoms with Crippen molar-refractivity contribution in [1.82, 2.24) is 4.90 Å². The first-order chi connectivity index (χ1) is 7.09. The lowest BCUT2D eigenvalue weighted by Gasteiger charge is -2.62. The van der Waals surface area contributed by atoms with Crippen molar-refractivity contribution in [3.05, 3.63) is 0 Å². The van der Waals surface area contributed by atoms with Crippen molar-refractivity contribution in [2.24, 2.45) is 11.3 Å². The molecule has 3 unspecified atom stereocenters. The molecule has 1 aliphatic carbocycles. The van der Waals surface area contributed by atoms with E-state index in [1.807, 2.05) is 0 Å². The molecule has 1 saturated heterocycles. The summed E-state index contributed by atoms with van der Waals surface area (Å²) >= 11 is 0. The SMILES string of the molecule is CC1(C)C(O)C2CCCN(CCC=O)C21. The molecule has 0 bridgehead atoms. The number of rotatable bonds is 3. The average Bonchev–Trinajstić information content (AvgIpc) is 2.25. The van der Waals surface area contributed by atoms with E-state index >= 15 is 0 Å². The monoisotopic (exact) mass is 211 g/mol. The number of aliphatic hydroxyl groups is 1. The van der Waals surface area contributed by atoms with Crippen LogP contribution in [0.2, 0.25) is 0 Å². The maximum atomic E-state index is 10.4. The molecule has 2 aliphatic rings. The second-order valence-corrected chi connectivity index (χ2v) is 5.51. The molecule has 1 N–H and O–H groups in total. The van der Waals surface area contributed by atoms with Gasteiger partial charge in [0.25, 0.3) is 0 Å².